The topological polar surface area (TPSA) is 101 Å². The van der Waals surface area contributed by atoms with E-state index < -0.39 is 5.79 Å². The molecule has 2 aliphatic heterocycles. The number of rotatable bonds is 15. The molecule has 3 N–H and O–H groups in total. The molecule has 4 heterocycles. The molecule has 2 saturated heterocycles. The van der Waals surface area contributed by atoms with Gasteiger partial charge >= 0.3 is 0 Å². The fourth-order valence-corrected chi connectivity index (χ4v) is 4.94. The quantitative estimate of drug-likeness (QED) is 0.204. The van der Waals surface area contributed by atoms with Crippen LogP contribution in [0.2, 0.25) is 0 Å². The fourth-order valence-electron chi connectivity index (χ4n) is 4.94. The van der Waals surface area contributed by atoms with Crippen LogP contribution in [0.15, 0.2) is 79.4 Å². The molecular formula is C30H38N6O3. The first-order chi connectivity index (χ1) is 19.2. The summed E-state index contributed by atoms with van der Waals surface area (Å²) in [6, 6.07) is 16.8. The standard InChI is InChI=1S/C30H38N6O3/c37-29(27-5-2-1-3-6-27)35-39-30(28-7-4-12-32-21-28,38-16-10-24-8-13-31-14-9-24)11-15-36(22-25-17-33-18-25)23-26-19-34-20-26/h1-9,12-14,21,25-26,33-34H,10-11,15-20,22-23H2,(H,35,37). The largest absolute Gasteiger partial charge is 0.344 e. The molecule has 5 rings (SSSR count). The van der Waals surface area contributed by atoms with E-state index in [1.165, 1.54) is 0 Å². The molecule has 1 aromatic carbocycles. The number of hydroxylamine groups is 1. The molecule has 0 radical (unpaired) electrons. The highest BCUT2D eigenvalue weighted by molar-refractivity contribution is 5.93. The SMILES string of the molecule is O=C(NOC(CCN(CC1CNC1)CC1CNC1)(OCCc1ccncc1)c1cccnc1)c1ccccc1. The van der Waals surface area contributed by atoms with Crippen LogP contribution in [0.5, 0.6) is 0 Å². The van der Waals surface area contributed by atoms with Gasteiger partial charge in [-0.2, -0.15) is 0 Å². The zero-order valence-corrected chi connectivity index (χ0v) is 22.3. The number of pyridine rings is 2. The zero-order chi connectivity index (χ0) is 26.8. The third kappa shape index (κ3) is 7.68. The van der Waals surface area contributed by atoms with Gasteiger partial charge in [-0.3, -0.25) is 14.8 Å². The number of hydrogen-bond donors (Lipinski definition) is 3. The summed E-state index contributed by atoms with van der Waals surface area (Å²) >= 11 is 0. The first kappa shape index (κ1) is 27.4. The lowest BCUT2D eigenvalue weighted by Gasteiger charge is -2.40. The van der Waals surface area contributed by atoms with Gasteiger partial charge in [0, 0.05) is 88.1 Å². The molecule has 0 aliphatic carbocycles. The summed E-state index contributed by atoms with van der Waals surface area (Å²) < 4.78 is 6.60. The van der Waals surface area contributed by atoms with E-state index in [0.29, 0.717) is 36.8 Å². The highest BCUT2D eigenvalue weighted by atomic mass is 16.8. The number of ether oxygens (including phenoxy) is 1. The van der Waals surface area contributed by atoms with Gasteiger partial charge in [0.05, 0.1) is 6.61 Å². The zero-order valence-electron chi connectivity index (χ0n) is 22.3. The van der Waals surface area contributed by atoms with Crippen molar-refractivity contribution in [3.05, 3.63) is 96.1 Å². The van der Waals surface area contributed by atoms with E-state index in [0.717, 1.165) is 56.9 Å². The van der Waals surface area contributed by atoms with Crippen molar-refractivity contribution >= 4 is 5.91 Å². The summed E-state index contributed by atoms with van der Waals surface area (Å²) in [5, 5.41) is 6.78. The van der Waals surface area contributed by atoms with Gasteiger partial charge in [-0.05, 0) is 54.2 Å². The Labute approximate surface area is 230 Å². The summed E-state index contributed by atoms with van der Waals surface area (Å²) in [5.74, 6) is -0.228. The number of aromatic nitrogens is 2. The first-order valence-electron chi connectivity index (χ1n) is 13.8. The maximum Gasteiger partial charge on any atom is 0.274 e. The molecular weight excluding hydrogens is 492 g/mol. The minimum absolute atomic E-state index is 0.320. The van der Waals surface area contributed by atoms with Gasteiger partial charge in [0.2, 0.25) is 5.79 Å². The Bertz CT molecular complexity index is 1130. The molecule has 206 valence electrons. The second-order valence-corrected chi connectivity index (χ2v) is 10.4. The van der Waals surface area contributed by atoms with Crippen molar-refractivity contribution in [1.82, 2.24) is 31.0 Å². The maximum absolute atomic E-state index is 13.0. The Morgan fingerprint density at radius 3 is 2.26 bits per heavy atom. The predicted octanol–water partition coefficient (Wildman–Crippen LogP) is 2.38. The summed E-state index contributed by atoms with van der Waals surface area (Å²) in [6.45, 7) is 7.44. The van der Waals surface area contributed by atoms with Crippen LogP contribution in [0.3, 0.4) is 0 Å². The molecule has 0 saturated carbocycles. The van der Waals surface area contributed by atoms with Crippen LogP contribution in [0, 0.1) is 11.8 Å². The molecule has 3 aromatic rings. The molecule has 0 bridgehead atoms. The third-order valence-corrected chi connectivity index (χ3v) is 7.44. The van der Waals surface area contributed by atoms with Crippen LogP contribution in [0.25, 0.3) is 0 Å². The van der Waals surface area contributed by atoms with E-state index >= 15 is 0 Å². The van der Waals surface area contributed by atoms with E-state index in [9.17, 15) is 4.79 Å². The Morgan fingerprint density at radius 1 is 0.923 bits per heavy atom. The van der Waals surface area contributed by atoms with Gasteiger partial charge < -0.3 is 20.3 Å². The molecule has 0 spiro atoms. The molecule has 9 heteroatoms. The smallest absolute Gasteiger partial charge is 0.274 e. The second kappa shape index (κ2) is 13.7. The van der Waals surface area contributed by atoms with Crippen molar-refractivity contribution in [2.24, 2.45) is 11.8 Å². The van der Waals surface area contributed by atoms with E-state index in [4.69, 9.17) is 9.57 Å². The molecule has 2 aliphatic rings. The van der Waals surface area contributed by atoms with Crippen molar-refractivity contribution in [1.29, 1.82) is 0 Å². The molecule has 9 nitrogen and oxygen atoms in total. The third-order valence-electron chi connectivity index (χ3n) is 7.44. The lowest BCUT2D eigenvalue weighted by atomic mass is 9.98. The normalized spacial score (nSPS) is 17.3. The Balaban J connectivity index is 1.35. The van der Waals surface area contributed by atoms with Gasteiger partial charge in [-0.15, -0.1) is 0 Å². The first-order valence-corrected chi connectivity index (χ1v) is 13.8. The Kier molecular flexibility index (Phi) is 9.63. The fraction of sp³-hybridized carbons (Fsp3) is 0.433. The van der Waals surface area contributed by atoms with E-state index in [2.05, 4.69) is 31.0 Å². The molecule has 39 heavy (non-hydrogen) atoms. The highest BCUT2D eigenvalue weighted by Crippen LogP contribution is 2.31. The lowest BCUT2D eigenvalue weighted by Crippen LogP contribution is -2.53. The number of benzene rings is 1. The lowest BCUT2D eigenvalue weighted by molar-refractivity contribution is -0.274. The van der Waals surface area contributed by atoms with E-state index in [1.807, 2.05) is 42.5 Å². The van der Waals surface area contributed by atoms with Crippen LogP contribution in [0.4, 0.5) is 0 Å². The summed E-state index contributed by atoms with van der Waals surface area (Å²) in [4.78, 5) is 30.3. The minimum atomic E-state index is -1.21. The molecule has 2 fully saturated rings. The summed E-state index contributed by atoms with van der Waals surface area (Å²) in [7, 11) is 0. The number of carbonyl (C=O) groups excluding carboxylic acids is 1. The van der Waals surface area contributed by atoms with Crippen LogP contribution in [0.1, 0.15) is 27.9 Å². The monoisotopic (exact) mass is 530 g/mol. The maximum atomic E-state index is 13.0. The molecule has 1 amide bonds. The van der Waals surface area contributed by atoms with Crippen LogP contribution in [-0.2, 0) is 21.8 Å². The van der Waals surface area contributed by atoms with Crippen molar-refractivity contribution < 1.29 is 14.4 Å². The van der Waals surface area contributed by atoms with Crippen molar-refractivity contribution in [2.75, 3.05) is 52.4 Å². The summed E-state index contributed by atoms with van der Waals surface area (Å²) in [6.07, 6.45) is 8.27. The van der Waals surface area contributed by atoms with Crippen molar-refractivity contribution in [3.63, 3.8) is 0 Å². The molecule has 1 unspecified atom stereocenters. The number of carbonyl (C=O) groups is 1. The Morgan fingerprint density at radius 2 is 1.64 bits per heavy atom. The van der Waals surface area contributed by atoms with E-state index in [1.54, 1.807) is 36.9 Å². The number of nitrogens with zero attached hydrogens (tertiary/aromatic N) is 3. The average molecular weight is 531 g/mol. The van der Waals surface area contributed by atoms with Gasteiger partial charge in [-0.25, -0.2) is 10.3 Å². The summed E-state index contributed by atoms with van der Waals surface area (Å²) in [5.41, 5.74) is 5.10. The van der Waals surface area contributed by atoms with Crippen LogP contribution in [-0.4, -0.2) is 73.2 Å². The van der Waals surface area contributed by atoms with Crippen molar-refractivity contribution in [3.8, 4) is 0 Å². The van der Waals surface area contributed by atoms with Crippen LogP contribution >= 0.6 is 0 Å². The van der Waals surface area contributed by atoms with Crippen molar-refractivity contribution in [2.45, 2.75) is 18.6 Å². The van der Waals surface area contributed by atoms with Gasteiger partial charge in [0.25, 0.3) is 5.91 Å². The minimum Gasteiger partial charge on any atom is -0.344 e. The van der Waals surface area contributed by atoms with Gasteiger partial charge in [0.1, 0.15) is 0 Å². The highest BCUT2D eigenvalue weighted by Gasteiger charge is 2.38. The van der Waals surface area contributed by atoms with Crippen LogP contribution < -0.4 is 16.1 Å². The second-order valence-electron chi connectivity index (χ2n) is 10.4. The average Bonchev–Trinajstić information content (AvgIpc) is 2.94. The molecule has 2 aromatic heterocycles. The predicted molar refractivity (Wildman–Crippen MR) is 149 cm³/mol. The molecule has 1 atom stereocenters. The number of nitrogens with one attached hydrogen (secondary N) is 3. The van der Waals surface area contributed by atoms with E-state index in [-0.39, 0.29) is 5.91 Å². The number of amides is 1. The Hall–Kier alpha value is -3.21. The van der Waals surface area contributed by atoms with Gasteiger partial charge in [0.15, 0.2) is 0 Å². The van der Waals surface area contributed by atoms with Gasteiger partial charge in [-0.1, -0.05) is 24.3 Å². The number of hydrogen-bond acceptors (Lipinski definition) is 8.